The van der Waals surface area contributed by atoms with Crippen molar-refractivity contribution in [3.05, 3.63) is 54.4 Å². The van der Waals surface area contributed by atoms with Crippen molar-refractivity contribution in [3.63, 3.8) is 0 Å². The van der Waals surface area contributed by atoms with Gasteiger partial charge in [-0.3, -0.25) is 9.78 Å². The van der Waals surface area contributed by atoms with E-state index in [1.54, 1.807) is 18.3 Å². The predicted molar refractivity (Wildman–Crippen MR) is 81.4 cm³/mol. The van der Waals surface area contributed by atoms with Gasteiger partial charge in [-0.05, 0) is 32.0 Å². The summed E-state index contributed by atoms with van der Waals surface area (Å²) in [5.41, 5.74) is 5.67. The van der Waals surface area contributed by atoms with E-state index < -0.39 is 5.54 Å². The summed E-state index contributed by atoms with van der Waals surface area (Å²) in [6, 6.07) is 12.7. The van der Waals surface area contributed by atoms with Crippen LogP contribution in [-0.2, 0) is 0 Å². The van der Waals surface area contributed by atoms with Crippen LogP contribution in [0.15, 0.2) is 48.7 Å². The molecule has 2 aromatic rings. The van der Waals surface area contributed by atoms with Gasteiger partial charge >= 0.3 is 0 Å². The van der Waals surface area contributed by atoms with Gasteiger partial charge in [0, 0.05) is 24.3 Å². The van der Waals surface area contributed by atoms with E-state index in [4.69, 9.17) is 10.5 Å². The van der Waals surface area contributed by atoms with Gasteiger partial charge < -0.3 is 15.8 Å². The first kappa shape index (κ1) is 15.0. The molecule has 0 saturated carbocycles. The average Bonchev–Trinajstić information content (AvgIpc) is 2.45. The third-order valence-electron chi connectivity index (χ3n) is 2.65. The van der Waals surface area contributed by atoms with Gasteiger partial charge in [0.25, 0.3) is 5.91 Å². The number of amides is 1. The molecule has 0 radical (unpaired) electrons. The largest absolute Gasteiger partial charge is 0.457 e. The maximum Gasteiger partial charge on any atom is 0.270 e. The first-order valence-electron chi connectivity index (χ1n) is 6.70. The Labute approximate surface area is 124 Å². The van der Waals surface area contributed by atoms with Gasteiger partial charge in [-0.25, -0.2) is 0 Å². The van der Waals surface area contributed by atoms with Crippen LogP contribution in [0.3, 0.4) is 0 Å². The fourth-order valence-electron chi connectivity index (χ4n) is 1.62. The molecular formula is C16H19N3O2. The van der Waals surface area contributed by atoms with Crippen LogP contribution in [0, 0.1) is 0 Å². The number of rotatable bonds is 5. The normalized spacial score (nSPS) is 11.0. The first-order valence-corrected chi connectivity index (χ1v) is 6.70. The molecule has 0 aliphatic carbocycles. The molecule has 0 spiro atoms. The molecule has 1 amide bonds. The second-order valence-corrected chi connectivity index (χ2v) is 5.46. The second-order valence-electron chi connectivity index (χ2n) is 5.46. The standard InChI is InChI=1S/C16H19N3O2/c1-16(2,17)11-19-15(20)14-10-13(8-9-18-14)21-12-6-4-3-5-7-12/h3-10H,11,17H2,1-2H3,(H,19,20). The number of hydrogen-bond donors (Lipinski definition) is 2. The highest BCUT2D eigenvalue weighted by Crippen LogP contribution is 2.20. The van der Waals surface area contributed by atoms with Crippen LogP contribution in [0.4, 0.5) is 0 Å². The number of aromatic nitrogens is 1. The molecule has 0 saturated heterocycles. The number of carbonyl (C=O) groups excluding carboxylic acids is 1. The SMILES string of the molecule is CC(C)(N)CNC(=O)c1cc(Oc2ccccc2)ccn1. The summed E-state index contributed by atoms with van der Waals surface area (Å²) in [5, 5.41) is 2.75. The maximum absolute atomic E-state index is 12.0. The zero-order chi connectivity index (χ0) is 15.3. The first-order chi connectivity index (χ1) is 9.94. The third kappa shape index (κ3) is 4.89. The Morgan fingerprint density at radius 3 is 2.62 bits per heavy atom. The summed E-state index contributed by atoms with van der Waals surface area (Å²) < 4.78 is 5.67. The number of hydrogen-bond acceptors (Lipinski definition) is 4. The smallest absolute Gasteiger partial charge is 0.270 e. The van der Waals surface area contributed by atoms with E-state index in [-0.39, 0.29) is 5.91 Å². The van der Waals surface area contributed by atoms with Crippen LogP contribution >= 0.6 is 0 Å². The van der Waals surface area contributed by atoms with Gasteiger partial charge in [-0.1, -0.05) is 18.2 Å². The number of nitrogens with one attached hydrogen (secondary N) is 1. The molecule has 5 heteroatoms. The van der Waals surface area contributed by atoms with Crippen LogP contribution in [-0.4, -0.2) is 23.0 Å². The number of nitrogens with zero attached hydrogens (tertiary/aromatic N) is 1. The summed E-state index contributed by atoms with van der Waals surface area (Å²) in [7, 11) is 0. The molecule has 110 valence electrons. The Kier molecular flexibility index (Phi) is 4.55. The van der Waals surface area contributed by atoms with Crippen LogP contribution in [0.25, 0.3) is 0 Å². The monoisotopic (exact) mass is 285 g/mol. The second kappa shape index (κ2) is 6.37. The van der Waals surface area contributed by atoms with Gasteiger partial charge in [-0.2, -0.15) is 0 Å². The maximum atomic E-state index is 12.0. The van der Waals surface area contributed by atoms with Crippen LogP contribution in [0.2, 0.25) is 0 Å². The molecule has 21 heavy (non-hydrogen) atoms. The minimum atomic E-state index is -0.464. The molecule has 1 aromatic carbocycles. The molecule has 2 rings (SSSR count). The van der Waals surface area contributed by atoms with Gasteiger partial charge in [0.2, 0.25) is 0 Å². The Morgan fingerprint density at radius 2 is 1.95 bits per heavy atom. The molecular weight excluding hydrogens is 266 g/mol. The lowest BCUT2D eigenvalue weighted by Gasteiger charge is -2.18. The van der Waals surface area contributed by atoms with E-state index in [2.05, 4.69) is 10.3 Å². The molecule has 0 atom stereocenters. The van der Waals surface area contributed by atoms with Gasteiger partial charge in [0.1, 0.15) is 17.2 Å². The molecule has 3 N–H and O–H groups in total. The average molecular weight is 285 g/mol. The Morgan fingerprint density at radius 1 is 1.24 bits per heavy atom. The van der Waals surface area contributed by atoms with Crippen LogP contribution in [0.5, 0.6) is 11.5 Å². The molecule has 0 aliphatic rings. The number of carbonyl (C=O) groups is 1. The number of benzene rings is 1. The Bertz CT molecular complexity index is 606. The number of pyridine rings is 1. The van der Waals surface area contributed by atoms with Crippen molar-refractivity contribution in [2.24, 2.45) is 5.73 Å². The fraction of sp³-hybridized carbons (Fsp3) is 0.250. The minimum Gasteiger partial charge on any atom is -0.457 e. The zero-order valence-corrected chi connectivity index (χ0v) is 12.2. The van der Waals surface area contributed by atoms with Gasteiger partial charge in [0.05, 0.1) is 0 Å². The predicted octanol–water partition coefficient (Wildman–Crippen LogP) is 2.34. The Balaban J connectivity index is 2.05. The van der Waals surface area contributed by atoms with Crippen molar-refractivity contribution in [1.29, 1.82) is 0 Å². The fourth-order valence-corrected chi connectivity index (χ4v) is 1.62. The number of para-hydroxylation sites is 1. The third-order valence-corrected chi connectivity index (χ3v) is 2.65. The topological polar surface area (TPSA) is 77.2 Å². The van der Waals surface area contributed by atoms with Crippen molar-refractivity contribution >= 4 is 5.91 Å². The highest BCUT2D eigenvalue weighted by Gasteiger charge is 2.14. The van der Waals surface area contributed by atoms with Crippen molar-refractivity contribution in [3.8, 4) is 11.5 Å². The molecule has 0 fully saturated rings. The summed E-state index contributed by atoms with van der Waals surface area (Å²) in [6.07, 6.45) is 1.54. The lowest BCUT2D eigenvalue weighted by molar-refractivity contribution is 0.0940. The highest BCUT2D eigenvalue weighted by atomic mass is 16.5. The van der Waals surface area contributed by atoms with E-state index in [0.29, 0.717) is 23.7 Å². The number of nitrogens with two attached hydrogens (primary N) is 1. The van der Waals surface area contributed by atoms with E-state index in [1.807, 2.05) is 44.2 Å². The van der Waals surface area contributed by atoms with E-state index in [9.17, 15) is 4.79 Å². The lowest BCUT2D eigenvalue weighted by atomic mass is 10.1. The minimum absolute atomic E-state index is 0.271. The van der Waals surface area contributed by atoms with E-state index in [1.165, 1.54) is 0 Å². The quantitative estimate of drug-likeness (QED) is 0.884. The molecule has 1 heterocycles. The summed E-state index contributed by atoms with van der Waals surface area (Å²) in [6.45, 7) is 4.06. The van der Waals surface area contributed by atoms with E-state index in [0.717, 1.165) is 0 Å². The van der Waals surface area contributed by atoms with Crippen LogP contribution in [0.1, 0.15) is 24.3 Å². The molecule has 1 aromatic heterocycles. The van der Waals surface area contributed by atoms with Crippen molar-refractivity contribution in [1.82, 2.24) is 10.3 Å². The Hall–Kier alpha value is -2.40. The molecule has 5 nitrogen and oxygen atoms in total. The molecule has 0 bridgehead atoms. The van der Waals surface area contributed by atoms with Crippen molar-refractivity contribution < 1.29 is 9.53 Å². The van der Waals surface area contributed by atoms with Gasteiger partial charge in [0.15, 0.2) is 0 Å². The summed E-state index contributed by atoms with van der Waals surface area (Å²) >= 11 is 0. The molecule has 0 aliphatic heterocycles. The summed E-state index contributed by atoms with van der Waals surface area (Å²) in [4.78, 5) is 16.1. The number of ether oxygens (including phenoxy) is 1. The lowest BCUT2D eigenvalue weighted by Crippen LogP contribution is -2.45. The highest BCUT2D eigenvalue weighted by molar-refractivity contribution is 5.92. The summed E-state index contributed by atoms with van der Waals surface area (Å²) in [5.74, 6) is 0.999. The van der Waals surface area contributed by atoms with Crippen LogP contribution < -0.4 is 15.8 Å². The zero-order valence-electron chi connectivity index (χ0n) is 12.2. The van der Waals surface area contributed by atoms with Crippen molar-refractivity contribution in [2.45, 2.75) is 19.4 Å². The van der Waals surface area contributed by atoms with Gasteiger partial charge in [-0.15, -0.1) is 0 Å². The van der Waals surface area contributed by atoms with E-state index >= 15 is 0 Å². The van der Waals surface area contributed by atoms with Crippen molar-refractivity contribution in [2.75, 3.05) is 6.54 Å². The molecule has 0 unspecified atom stereocenters.